The van der Waals surface area contributed by atoms with Gasteiger partial charge in [-0.2, -0.15) is 4.31 Å². The second kappa shape index (κ2) is 4.76. The summed E-state index contributed by atoms with van der Waals surface area (Å²) >= 11 is 0. The van der Waals surface area contributed by atoms with E-state index in [1.165, 1.54) is 0 Å². The van der Waals surface area contributed by atoms with Crippen LogP contribution in [0.1, 0.15) is 13.8 Å². The third-order valence-electron chi connectivity index (χ3n) is 3.06. The van der Waals surface area contributed by atoms with Gasteiger partial charge in [-0.25, -0.2) is 8.42 Å². The van der Waals surface area contributed by atoms with Crippen molar-refractivity contribution in [3.63, 3.8) is 0 Å². The van der Waals surface area contributed by atoms with E-state index in [9.17, 15) is 8.42 Å². The van der Waals surface area contributed by atoms with Crippen molar-refractivity contribution in [2.75, 3.05) is 13.1 Å². The fourth-order valence-corrected chi connectivity index (χ4v) is 3.79. The first-order chi connectivity index (χ1) is 8.01. The van der Waals surface area contributed by atoms with Crippen LogP contribution in [0.2, 0.25) is 0 Å². The van der Waals surface area contributed by atoms with Gasteiger partial charge in [0.25, 0.3) is 0 Å². The number of piperazine rings is 1. The smallest absolute Gasteiger partial charge is 0.243 e. The molecule has 94 valence electrons. The van der Waals surface area contributed by atoms with E-state index in [1.54, 1.807) is 28.6 Å². The molecule has 4 nitrogen and oxygen atoms in total. The Balaban J connectivity index is 2.32. The van der Waals surface area contributed by atoms with Gasteiger partial charge >= 0.3 is 0 Å². The molecule has 0 radical (unpaired) electrons. The van der Waals surface area contributed by atoms with Crippen LogP contribution in [0.15, 0.2) is 35.2 Å². The summed E-state index contributed by atoms with van der Waals surface area (Å²) in [5.41, 5.74) is 0. The molecule has 1 fully saturated rings. The van der Waals surface area contributed by atoms with Crippen LogP contribution in [0.5, 0.6) is 0 Å². The van der Waals surface area contributed by atoms with Crippen LogP contribution in [0.3, 0.4) is 0 Å². The van der Waals surface area contributed by atoms with E-state index in [0.717, 1.165) is 0 Å². The Hall–Kier alpha value is -0.910. The number of nitrogens with zero attached hydrogens (tertiary/aromatic N) is 1. The van der Waals surface area contributed by atoms with E-state index >= 15 is 0 Å². The lowest BCUT2D eigenvalue weighted by Crippen LogP contribution is -2.56. The van der Waals surface area contributed by atoms with Gasteiger partial charge in [-0.15, -0.1) is 0 Å². The fourth-order valence-electron chi connectivity index (χ4n) is 2.05. The summed E-state index contributed by atoms with van der Waals surface area (Å²) < 4.78 is 26.5. The first-order valence-corrected chi connectivity index (χ1v) is 7.26. The number of rotatable bonds is 2. The van der Waals surface area contributed by atoms with Crippen molar-refractivity contribution < 1.29 is 8.42 Å². The van der Waals surface area contributed by atoms with Crippen molar-refractivity contribution in [3.05, 3.63) is 30.3 Å². The molecule has 0 bridgehead atoms. The summed E-state index contributed by atoms with van der Waals surface area (Å²) in [5.74, 6) is 0. The van der Waals surface area contributed by atoms with Crippen LogP contribution in [0, 0.1) is 0 Å². The lowest BCUT2D eigenvalue weighted by atomic mass is 10.2. The Morgan fingerprint density at radius 3 is 2.53 bits per heavy atom. The van der Waals surface area contributed by atoms with Crippen LogP contribution in [-0.4, -0.2) is 37.9 Å². The summed E-state index contributed by atoms with van der Waals surface area (Å²) in [4.78, 5) is 0.376. The van der Waals surface area contributed by atoms with E-state index in [-0.39, 0.29) is 12.1 Å². The molecule has 1 N–H and O–H groups in total. The van der Waals surface area contributed by atoms with Crippen LogP contribution >= 0.6 is 0 Å². The maximum absolute atomic E-state index is 12.4. The average Bonchev–Trinajstić information content (AvgIpc) is 2.33. The third kappa shape index (κ3) is 2.51. The maximum Gasteiger partial charge on any atom is 0.243 e. The number of benzene rings is 1. The van der Waals surface area contributed by atoms with Crippen molar-refractivity contribution in [3.8, 4) is 0 Å². The standard InChI is InChI=1S/C12H18N2O2S/c1-10-9-14(11(2)8-13-10)17(15,16)12-6-4-3-5-7-12/h3-7,10-11,13H,8-9H2,1-2H3. The van der Waals surface area contributed by atoms with E-state index in [2.05, 4.69) is 5.32 Å². The van der Waals surface area contributed by atoms with Gasteiger partial charge in [0.2, 0.25) is 10.0 Å². The van der Waals surface area contributed by atoms with Gasteiger partial charge in [0.05, 0.1) is 4.90 Å². The van der Waals surface area contributed by atoms with Crippen LogP contribution < -0.4 is 5.32 Å². The monoisotopic (exact) mass is 254 g/mol. The quantitative estimate of drug-likeness (QED) is 0.858. The zero-order valence-electron chi connectivity index (χ0n) is 10.1. The molecule has 1 aromatic carbocycles. The molecule has 1 aromatic rings. The molecule has 5 heteroatoms. The normalized spacial score (nSPS) is 26.9. The molecule has 0 aromatic heterocycles. The second-order valence-electron chi connectivity index (χ2n) is 4.55. The van der Waals surface area contributed by atoms with Crippen LogP contribution in [0.25, 0.3) is 0 Å². The van der Waals surface area contributed by atoms with E-state index < -0.39 is 10.0 Å². The number of hydrogen-bond acceptors (Lipinski definition) is 3. The van der Waals surface area contributed by atoms with Gasteiger partial charge < -0.3 is 5.32 Å². The van der Waals surface area contributed by atoms with Crippen molar-refractivity contribution in [1.82, 2.24) is 9.62 Å². The molecule has 1 aliphatic heterocycles. The first-order valence-electron chi connectivity index (χ1n) is 5.82. The van der Waals surface area contributed by atoms with Crippen LogP contribution in [0.4, 0.5) is 0 Å². The largest absolute Gasteiger partial charge is 0.311 e. The number of hydrogen-bond donors (Lipinski definition) is 1. The minimum absolute atomic E-state index is 0.00333. The van der Waals surface area contributed by atoms with Gasteiger partial charge in [-0.1, -0.05) is 18.2 Å². The highest BCUT2D eigenvalue weighted by Gasteiger charge is 2.32. The first kappa shape index (κ1) is 12.5. The lowest BCUT2D eigenvalue weighted by Gasteiger charge is -2.36. The predicted molar refractivity (Wildman–Crippen MR) is 67.3 cm³/mol. The van der Waals surface area contributed by atoms with Gasteiger partial charge in [0.15, 0.2) is 0 Å². The average molecular weight is 254 g/mol. The summed E-state index contributed by atoms with van der Waals surface area (Å²) in [6, 6.07) is 8.82. The van der Waals surface area contributed by atoms with E-state index in [0.29, 0.717) is 18.0 Å². The topological polar surface area (TPSA) is 49.4 Å². The molecular weight excluding hydrogens is 236 g/mol. The molecule has 0 amide bonds. The Labute approximate surface area is 103 Å². The van der Waals surface area contributed by atoms with Crippen LogP contribution in [-0.2, 0) is 10.0 Å². The zero-order valence-corrected chi connectivity index (χ0v) is 10.9. The molecule has 0 spiro atoms. The van der Waals surface area contributed by atoms with Crippen molar-refractivity contribution in [2.45, 2.75) is 30.8 Å². The Morgan fingerprint density at radius 2 is 1.88 bits per heavy atom. The van der Waals surface area contributed by atoms with Crippen molar-refractivity contribution in [1.29, 1.82) is 0 Å². The predicted octanol–water partition coefficient (Wildman–Crippen LogP) is 1.06. The van der Waals surface area contributed by atoms with Gasteiger partial charge in [-0.3, -0.25) is 0 Å². The molecule has 0 saturated carbocycles. The summed E-state index contributed by atoms with van der Waals surface area (Å²) in [6.07, 6.45) is 0. The Bertz CT molecular complexity index is 473. The molecule has 1 saturated heterocycles. The number of nitrogens with one attached hydrogen (secondary N) is 1. The highest BCUT2D eigenvalue weighted by atomic mass is 32.2. The molecule has 1 aliphatic rings. The highest BCUT2D eigenvalue weighted by Crippen LogP contribution is 2.20. The SMILES string of the molecule is CC1CN(S(=O)(=O)c2ccccc2)C(C)CN1. The van der Waals surface area contributed by atoms with E-state index in [4.69, 9.17) is 0 Å². The lowest BCUT2D eigenvalue weighted by molar-refractivity contribution is 0.244. The molecule has 0 aliphatic carbocycles. The van der Waals surface area contributed by atoms with Gasteiger partial charge in [0.1, 0.15) is 0 Å². The molecule has 17 heavy (non-hydrogen) atoms. The zero-order chi connectivity index (χ0) is 12.5. The van der Waals surface area contributed by atoms with Crippen molar-refractivity contribution in [2.24, 2.45) is 0 Å². The summed E-state index contributed by atoms with van der Waals surface area (Å²) in [6.45, 7) is 5.16. The second-order valence-corrected chi connectivity index (χ2v) is 6.44. The molecular formula is C12H18N2O2S. The van der Waals surface area contributed by atoms with Gasteiger partial charge in [-0.05, 0) is 26.0 Å². The van der Waals surface area contributed by atoms with Crippen molar-refractivity contribution >= 4 is 10.0 Å². The third-order valence-corrected chi connectivity index (χ3v) is 5.05. The molecule has 2 atom stereocenters. The minimum Gasteiger partial charge on any atom is -0.311 e. The minimum atomic E-state index is -3.35. The fraction of sp³-hybridized carbons (Fsp3) is 0.500. The van der Waals surface area contributed by atoms with E-state index in [1.807, 2.05) is 19.9 Å². The number of sulfonamides is 1. The molecule has 2 rings (SSSR count). The Morgan fingerprint density at radius 1 is 1.24 bits per heavy atom. The summed E-state index contributed by atoms with van der Waals surface area (Å²) in [5, 5.41) is 3.28. The summed E-state index contributed by atoms with van der Waals surface area (Å²) in [7, 11) is -3.35. The molecule has 2 unspecified atom stereocenters. The highest BCUT2D eigenvalue weighted by molar-refractivity contribution is 7.89. The molecule has 1 heterocycles. The van der Waals surface area contributed by atoms with Gasteiger partial charge in [0, 0.05) is 25.2 Å². The maximum atomic E-state index is 12.4. The Kier molecular flexibility index (Phi) is 3.51.